The molecule has 8 nitrogen and oxygen atoms in total. The average Bonchev–Trinajstić information content (AvgIpc) is 3.15. The van der Waals surface area contributed by atoms with E-state index in [2.05, 4.69) is 10.4 Å². The van der Waals surface area contributed by atoms with E-state index in [4.69, 9.17) is 9.88 Å². The van der Waals surface area contributed by atoms with Crippen molar-refractivity contribution in [3.05, 3.63) is 72.1 Å². The second-order valence-electron chi connectivity index (χ2n) is 6.06. The molecule has 0 aliphatic heterocycles. The first-order valence-corrected chi connectivity index (χ1v) is 9.85. The third-order valence-electron chi connectivity index (χ3n) is 3.84. The summed E-state index contributed by atoms with van der Waals surface area (Å²) in [6.07, 6.45) is -3.06. The maximum absolute atomic E-state index is 12.7. The largest absolute Gasteiger partial charge is 0.471 e. The molecule has 3 rings (SSSR count). The van der Waals surface area contributed by atoms with Gasteiger partial charge in [0.2, 0.25) is 10.0 Å². The molecule has 0 bridgehead atoms. The highest BCUT2D eigenvalue weighted by Gasteiger charge is 2.30. The molecule has 2 aromatic carbocycles. The number of ether oxygens (including phenoxy) is 1. The van der Waals surface area contributed by atoms with Gasteiger partial charge in [-0.15, -0.1) is 0 Å². The number of hydrogen-bond acceptors (Lipinski definition) is 5. The summed E-state index contributed by atoms with van der Waals surface area (Å²) in [6, 6.07) is 11.0. The van der Waals surface area contributed by atoms with Crippen LogP contribution in [0.5, 0.6) is 5.75 Å². The van der Waals surface area contributed by atoms with E-state index >= 15 is 0 Å². The molecule has 3 aromatic rings. The van der Waals surface area contributed by atoms with E-state index < -0.39 is 27.7 Å². The number of carbonyl (C=O) groups is 1. The number of primary sulfonamides is 1. The third-order valence-corrected chi connectivity index (χ3v) is 4.77. The topological polar surface area (TPSA) is 116 Å². The fourth-order valence-corrected chi connectivity index (χ4v) is 2.90. The average molecular weight is 440 g/mol. The van der Waals surface area contributed by atoms with Gasteiger partial charge in [0.05, 0.1) is 10.5 Å². The van der Waals surface area contributed by atoms with Crippen LogP contribution in [0.4, 0.5) is 18.9 Å². The van der Waals surface area contributed by atoms with E-state index in [0.717, 1.165) is 12.1 Å². The Morgan fingerprint density at radius 3 is 2.47 bits per heavy atom. The van der Waals surface area contributed by atoms with Gasteiger partial charge in [-0.2, -0.15) is 18.3 Å². The Morgan fingerprint density at radius 2 is 1.83 bits per heavy atom. The van der Waals surface area contributed by atoms with Crippen molar-refractivity contribution in [2.75, 3.05) is 5.32 Å². The lowest BCUT2D eigenvalue weighted by molar-refractivity contribution is -0.137. The van der Waals surface area contributed by atoms with Crippen molar-refractivity contribution >= 4 is 21.6 Å². The lowest BCUT2D eigenvalue weighted by atomic mass is 10.2. The van der Waals surface area contributed by atoms with E-state index in [1.54, 1.807) is 0 Å². The Balaban J connectivity index is 1.61. The summed E-state index contributed by atoms with van der Waals surface area (Å²) in [5.74, 6) is -0.572. The molecule has 0 atom stereocenters. The molecule has 0 aliphatic carbocycles. The molecule has 0 saturated heterocycles. The predicted octanol–water partition coefficient (Wildman–Crippen LogP) is 2.84. The van der Waals surface area contributed by atoms with Crippen molar-refractivity contribution in [3.8, 4) is 5.75 Å². The minimum absolute atomic E-state index is 0.00118. The maximum atomic E-state index is 12.7. The second kappa shape index (κ2) is 8.16. The zero-order chi connectivity index (χ0) is 21.9. The van der Waals surface area contributed by atoms with Gasteiger partial charge >= 0.3 is 6.18 Å². The number of nitrogens with zero attached hydrogens (tertiary/aromatic N) is 2. The molecule has 1 aromatic heterocycles. The molecule has 30 heavy (non-hydrogen) atoms. The number of alkyl halides is 3. The van der Waals surface area contributed by atoms with Gasteiger partial charge < -0.3 is 10.1 Å². The number of anilines is 1. The Hall–Kier alpha value is -3.38. The number of nitrogens with two attached hydrogens (primary N) is 1. The smallest absolute Gasteiger partial charge is 0.416 e. The van der Waals surface area contributed by atoms with Crippen molar-refractivity contribution in [3.63, 3.8) is 0 Å². The first kappa shape index (κ1) is 21.3. The number of hydrogen-bond donors (Lipinski definition) is 2. The fourth-order valence-electron chi connectivity index (χ4n) is 2.38. The van der Waals surface area contributed by atoms with Crippen LogP contribution < -0.4 is 15.2 Å². The molecule has 0 saturated carbocycles. The van der Waals surface area contributed by atoms with Crippen LogP contribution in [0.3, 0.4) is 0 Å². The minimum Gasteiger partial charge on any atom is -0.471 e. The van der Waals surface area contributed by atoms with Crippen molar-refractivity contribution in [1.29, 1.82) is 0 Å². The number of nitrogens with one attached hydrogen (secondary N) is 1. The van der Waals surface area contributed by atoms with E-state index in [0.29, 0.717) is 5.69 Å². The molecule has 3 N–H and O–H groups in total. The molecular weight excluding hydrogens is 425 g/mol. The van der Waals surface area contributed by atoms with Crippen LogP contribution in [0.15, 0.2) is 65.7 Å². The normalized spacial score (nSPS) is 11.9. The standard InChI is InChI=1S/C18H15F3N4O4S/c19-18(20,21)12-2-1-3-14(10-12)29-11-25-9-8-16(24-25)17(26)23-13-4-6-15(7-5-13)30(22,27)28/h1-10H,11H2,(H,23,26)(H2,22,27,28). The third kappa shape index (κ3) is 5.36. The highest BCUT2D eigenvalue weighted by Crippen LogP contribution is 2.31. The van der Waals surface area contributed by atoms with Gasteiger partial charge in [-0.1, -0.05) is 6.07 Å². The highest BCUT2D eigenvalue weighted by atomic mass is 32.2. The van der Waals surface area contributed by atoms with Crippen LogP contribution in [0.2, 0.25) is 0 Å². The Labute approximate surface area is 169 Å². The molecule has 0 aliphatic rings. The summed E-state index contributed by atoms with van der Waals surface area (Å²) in [6.45, 7) is -0.211. The van der Waals surface area contributed by atoms with E-state index in [1.807, 2.05) is 0 Å². The quantitative estimate of drug-likeness (QED) is 0.612. The van der Waals surface area contributed by atoms with Crippen LogP contribution in [0.25, 0.3) is 0 Å². The molecule has 12 heteroatoms. The summed E-state index contributed by atoms with van der Waals surface area (Å²) in [5, 5.41) is 11.5. The van der Waals surface area contributed by atoms with Gasteiger partial charge in [0.25, 0.3) is 5.91 Å². The number of sulfonamides is 1. The van der Waals surface area contributed by atoms with Crippen LogP contribution in [-0.4, -0.2) is 24.1 Å². The van der Waals surface area contributed by atoms with Gasteiger partial charge in [-0.3, -0.25) is 4.79 Å². The number of halogens is 3. The maximum Gasteiger partial charge on any atom is 0.416 e. The Morgan fingerprint density at radius 1 is 1.13 bits per heavy atom. The van der Waals surface area contributed by atoms with Crippen molar-refractivity contribution in [2.24, 2.45) is 5.14 Å². The summed E-state index contributed by atoms with van der Waals surface area (Å²) in [7, 11) is -3.84. The van der Waals surface area contributed by atoms with Crippen LogP contribution in [0.1, 0.15) is 16.1 Å². The van der Waals surface area contributed by atoms with Crippen molar-refractivity contribution in [2.45, 2.75) is 17.8 Å². The number of aromatic nitrogens is 2. The van der Waals surface area contributed by atoms with Crippen molar-refractivity contribution in [1.82, 2.24) is 9.78 Å². The van der Waals surface area contributed by atoms with Gasteiger partial charge in [-0.05, 0) is 48.5 Å². The van der Waals surface area contributed by atoms with Crippen LogP contribution >= 0.6 is 0 Å². The lowest BCUT2D eigenvalue weighted by Gasteiger charge is -2.10. The fraction of sp³-hybridized carbons (Fsp3) is 0.111. The molecule has 1 amide bonds. The number of rotatable bonds is 6. The highest BCUT2D eigenvalue weighted by molar-refractivity contribution is 7.89. The Kier molecular flexibility index (Phi) is 5.80. The molecular formula is C18H15F3N4O4S. The molecule has 0 fully saturated rings. The number of carbonyl (C=O) groups excluding carboxylic acids is 1. The lowest BCUT2D eigenvalue weighted by Crippen LogP contribution is -2.15. The number of amides is 1. The van der Waals surface area contributed by atoms with Crippen molar-refractivity contribution < 1.29 is 31.1 Å². The van der Waals surface area contributed by atoms with Gasteiger partial charge in [0, 0.05) is 11.9 Å². The molecule has 158 valence electrons. The van der Waals surface area contributed by atoms with E-state index in [-0.39, 0.29) is 23.1 Å². The Bertz CT molecular complexity index is 1160. The molecule has 1 heterocycles. The predicted molar refractivity (Wildman–Crippen MR) is 100 cm³/mol. The SMILES string of the molecule is NS(=O)(=O)c1ccc(NC(=O)c2ccn(COc3cccc(C(F)(F)F)c3)n2)cc1. The molecule has 0 unspecified atom stereocenters. The van der Waals surface area contributed by atoms with Crippen LogP contribution in [0, 0.1) is 0 Å². The minimum atomic E-state index is -4.48. The van der Waals surface area contributed by atoms with Crippen LogP contribution in [-0.2, 0) is 22.9 Å². The second-order valence-corrected chi connectivity index (χ2v) is 7.62. The summed E-state index contributed by atoms with van der Waals surface area (Å²) >= 11 is 0. The monoisotopic (exact) mass is 440 g/mol. The number of benzene rings is 2. The van der Waals surface area contributed by atoms with E-state index in [9.17, 15) is 26.4 Å². The molecule has 0 radical (unpaired) electrons. The first-order valence-electron chi connectivity index (χ1n) is 8.30. The first-order chi connectivity index (χ1) is 14.0. The summed E-state index contributed by atoms with van der Waals surface area (Å²) in [5.41, 5.74) is -0.491. The summed E-state index contributed by atoms with van der Waals surface area (Å²) < 4.78 is 67.2. The zero-order valence-corrected chi connectivity index (χ0v) is 15.9. The van der Waals surface area contributed by atoms with Gasteiger partial charge in [0.15, 0.2) is 12.4 Å². The zero-order valence-electron chi connectivity index (χ0n) is 15.1. The van der Waals surface area contributed by atoms with Gasteiger partial charge in [-0.25, -0.2) is 18.2 Å². The molecule has 0 spiro atoms. The van der Waals surface area contributed by atoms with Gasteiger partial charge in [0.1, 0.15) is 5.75 Å². The van der Waals surface area contributed by atoms with E-state index in [1.165, 1.54) is 53.3 Å². The summed E-state index contributed by atoms with van der Waals surface area (Å²) in [4.78, 5) is 12.1.